The number of para-hydroxylation sites is 2. The van der Waals surface area contributed by atoms with Crippen molar-refractivity contribution in [1.29, 1.82) is 0 Å². The fourth-order valence-electron chi connectivity index (χ4n) is 2.96. The van der Waals surface area contributed by atoms with Gasteiger partial charge < -0.3 is 5.11 Å². The Morgan fingerprint density at radius 3 is 2.00 bits per heavy atom. The molecule has 0 saturated carbocycles. The lowest BCUT2D eigenvalue weighted by Gasteiger charge is -2.23. The molecular formula is C22H16N2O2. The zero-order valence-corrected chi connectivity index (χ0v) is 13.9. The molecule has 26 heavy (non-hydrogen) atoms. The number of fused-ring (bicyclic) bond motifs is 1. The molecular weight excluding hydrogens is 324 g/mol. The van der Waals surface area contributed by atoms with Crippen LogP contribution < -0.4 is 4.90 Å². The Bertz CT molecular complexity index is 1020. The van der Waals surface area contributed by atoms with Crippen LogP contribution in [0.2, 0.25) is 0 Å². The Kier molecular flexibility index (Phi) is 4.07. The van der Waals surface area contributed by atoms with Crippen LogP contribution in [-0.2, 0) is 0 Å². The monoisotopic (exact) mass is 340 g/mol. The van der Waals surface area contributed by atoms with E-state index < -0.39 is 0 Å². The number of phenols is 1. The maximum Gasteiger partial charge on any atom is 0.266 e. The smallest absolute Gasteiger partial charge is 0.266 e. The minimum absolute atomic E-state index is 0.107. The number of hydrogen-bond donors (Lipinski definition) is 1. The second-order valence-electron chi connectivity index (χ2n) is 5.85. The van der Waals surface area contributed by atoms with Gasteiger partial charge in [0.15, 0.2) is 5.75 Å². The number of benzene rings is 3. The normalized spacial score (nSPS) is 10.6. The van der Waals surface area contributed by atoms with Crippen LogP contribution >= 0.6 is 0 Å². The zero-order chi connectivity index (χ0) is 17.9. The van der Waals surface area contributed by atoms with Gasteiger partial charge in [0.05, 0.1) is 5.56 Å². The van der Waals surface area contributed by atoms with Gasteiger partial charge in [0.25, 0.3) is 5.91 Å². The van der Waals surface area contributed by atoms with Crippen molar-refractivity contribution in [3.8, 4) is 5.75 Å². The number of aromatic hydroxyl groups is 1. The Balaban J connectivity index is 1.87. The van der Waals surface area contributed by atoms with Crippen LogP contribution in [0.5, 0.6) is 5.75 Å². The van der Waals surface area contributed by atoms with Gasteiger partial charge in [0, 0.05) is 23.0 Å². The molecule has 126 valence electrons. The SMILES string of the molecule is O=C(c1ccc2cccnc2c1O)N(c1ccccc1)c1ccccc1. The van der Waals surface area contributed by atoms with E-state index in [1.807, 2.05) is 66.7 Å². The highest BCUT2D eigenvalue weighted by atomic mass is 16.3. The van der Waals surface area contributed by atoms with E-state index in [0.29, 0.717) is 5.52 Å². The molecule has 0 saturated heterocycles. The third-order valence-corrected chi connectivity index (χ3v) is 4.21. The summed E-state index contributed by atoms with van der Waals surface area (Å²) in [6.45, 7) is 0. The summed E-state index contributed by atoms with van der Waals surface area (Å²) in [7, 11) is 0. The van der Waals surface area contributed by atoms with E-state index in [1.165, 1.54) is 0 Å². The number of aromatic nitrogens is 1. The van der Waals surface area contributed by atoms with Crippen molar-refractivity contribution in [2.75, 3.05) is 4.90 Å². The molecule has 1 aromatic heterocycles. The highest BCUT2D eigenvalue weighted by molar-refractivity contribution is 6.14. The molecule has 3 aromatic carbocycles. The Hall–Kier alpha value is -3.66. The van der Waals surface area contributed by atoms with Crippen LogP contribution in [0.1, 0.15) is 10.4 Å². The topological polar surface area (TPSA) is 53.4 Å². The molecule has 1 amide bonds. The quantitative estimate of drug-likeness (QED) is 0.576. The van der Waals surface area contributed by atoms with E-state index >= 15 is 0 Å². The van der Waals surface area contributed by atoms with E-state index in [1.54, 1.807) is 29.3 Å². The summed E-state index contributed by atoms with van der Waals surface area (Å²) < 4.78 is 0. The summed E-state index contributed by atoms with van der Waals surface area (Å²) >= 11 is 0. The standard InChI is InChI=1S/C22H16N2O2/c25-21-19(14-13-16-8-7-15-23-20(16)21)22(26)24(17-9-3-1-4-10-17)18-11-5-2-6-12-18/h1-15,25H. The second kappa shape index (κ2) is 6.69. The van der Waals surface area contributed by atoms with Crippen molar-refractivity contribution in [3.05, 3.63) is 96.7 Å². The molecule has 4 heteroatoms. The van der Waals surface area contributed by atoms with Crippen molar-refractivity contribution >= 4 is 28.2 Å². The summed E-state index contributed by atoms with van der Waals surface area (Å²) in [6, 6.07) is 25.8. The average molecular weight is 340 g/mol. The third kappa shape index (κ3) is 2.78. The van der Waals surface area contributed by atoms with Crippen LogP contribution in [0.4, 0.5) is 11.4 Å². The first-order valence-corrected chi connectivity index (χ1v) is 8.27. The number of rotatable bonds is 3. The second-order valence-corrected chi connectivity index (χ2v) is 5.85. The fraction of sp³-hybridized carbons (Fsp3) is 0. The Morgan fingerprint density at radius 1 is 0.769 bits per heavy atom. The molecule has 0 bridgehead atoms. The minimum atomic E-state index is -0.313. The number of nitrogens with zero attached hydrogens (tertiary/aromatic N) is 2. The zero-order valence-electron chi connectivity index (χ0n) is 13.9. The predicted molar refractivity (Wildman–Crippen MR) is 103 cm³/mol. The van der Waals surface area contributed by atoms with Crippen LogP contribution in [0.25, 0.3) is 10.9 Å². The van der Waals surface area contributed by atoms with Crippen molar-refractivity contribution in [3.63, 3.8) is 0 Å². The molecule has 0 fully saturated rings. The summed E-state index contributed by atoms with van der Waals surface area (Å²) in [4.78, 5) is 19.1. The van der Waals surface area contributed by atoms with Crippen molar-refractivity contribution in [1.82, 2.24) is 4.98 Å². The average Bonchev–Trinajstić information content (AvgIpc) is 2.70. The van der Waals surface area contributed by atoms with Gasteiger partial charge >= 0.3 is 0 Å². The maximum atomic E-state index is 13.3. The molecule has 0 radical (unpaired) electrons. The summed E-state index contributed by atoms with van der Waals surface area (Å²) in [5.41, 5.74) is 2.08. The molecule has 1 heterocycles. The molecule has 0 atom stereocenters. The van der Waals surface area contributed by atoms with E-state index in [0.717, 1.165) is 16.8 Å². The van der Waals surface area contributed by atoms with Gasteiger partial charge in [-0.2, -0.15) is 0 Å². The highest BCUT2D eigenvalue weighted by Crippen LogP contribution is 2.32. The number of pyridine rings is 1. The number of hydrogen-bond acceptors (Lipinski definition) is 3. The predicted octanol–water partition coefficient (Wildman–Crippen LogP) is 4.92. The third-order valence-electron chi connectivity index (χ3n) is 4.21. The van der Waals surface area contributed by atoms with Gasteiger partial charge in [-0.1, -0.05) is 48.5 Å². The number of carbonyl (C=O) groups excluding carboxylic acids is 1. The minimum Gasteiger partial charge on any atom is -0.505 e. The lowest BCUT2D eigenvalue weighted by molar-refractivity contribution is 0.0997. The maximum absolute atomic E-state index is 13.3. The van der Waals surface area contributed by atoms with Crippen molar-refractivity contribution in [2.24, 2.45) is 0 Å². The molecule has 0 aliphatic heterocycles. The van der Waals surface area contributed by atoms with Crippen molar-refractivity contribution in [2.45, 2.75) is 0 Å². The molecule has 1 N–H and O–H groups in total. The summed E-state index contributed by atoms with van der Waals surface area (Å²) in [6.07, 6.45) is 1.60. The Labute approximate surface area is 151 Å². The van der Waals surface area contributed by atoms with Gasteiger partial charge in [-0.15, -0.1) is 0 Å². The lowest BCUT2D eigenvalue weighted by Crippen LogP contribution is -2.26. The number of phenolic OH excluding ortho intramolecular Hbond substituents is 1. The van der Waals surface area contributed by atoms with Crippen LogP contribution in [0, 0.1) is 0 Å². The van der Waals surface area contributed by atoms with Gasteiger partial charge in [-0.25, -0.2) is 0 Å². The number of anilines is 2. The van der Waals surface area contributed by atoms with Gasteiger partial charge in [-0.05, 0) is 36.4 Å². The number of amides is 1. The summed E-state index contributed by atoms with van der Waals surface area (Å²) in [5.74, 6) is -0.419. The molecule has 0 unspecified atom stereocenters. The first-order valence-electron chi connectivity index (χ1n) is 8.27. The molecule has 0 aliphatic rings. The first-order chi connectivity index (χ1) is 12.8. The van der Waals surface area contributed by atoms with E-state index in [2.05, 4.69) is 4.98 Å². The number of carbonyl (C=O) groups is 1. The van der Waals surface area contributed by atoms with Crippen molar-refractivity contribution < 1.29 is 9.90 Å². The van der Waals surface area contributed by atoms with Crippen LogP contribution in [0.15, 0.2) is 91.1 Å². The molecule has 4 nitrogen and oxygen atoms in total. The van der Waals surface area contributed by atoms with E-state index in [4.69, 9.17) is 0 Å². The molecule has 4 aromatic rings. The lowest BCUT2D eigenvalue weighted by atomic mass is 10.1. The molecule has 0 spiro atoms. The highest BCUT2D eigenvalue weighted by Gasteiger charge is 2.23. The largest absolute Gasteiger partial charge is 0.505 e. The van der Waals surface area contributed by atoms with Crippen LogP contribution in [-0.4, -0.2) is 16.0 Å². The van der Waals surface area contributed by atoms with Gasteiger partial charge in [0.1, 0.15) is 5.52 Å². The van der Waals surface area contributed by atoms with Gasteiger partial charge in [-0.3, -0.25) is 14.7 Å². The molecule has 4 rings (SSSR count). The van der Waals surface area contributed by atoms with E-state index in [9.17, 15) is 9.90 Å². The Morgan fingerprint density at radius 2 is 1.38 bits per heavy atom. The first kappa shape index (κ1) is 15.8. The van der Waals surface area contributed by atoms with E-state index in [-0.39, 0.29) is 17.2 Å². The molecule has 0 aliphatic carbocycles. The van der Waals surface area contributed by atoms with Gasteiger partial charge in [0.2, 0.25) is 0 Å². The van der Waals surface area contributed by atoms with Crippen LogP contribution in [0.3, 0.4) is 0 Å². The fourth-order valence-corrected chi connectivity index (χ4v) is 2.96. The summed E-state index contributed by atoms with van der Waals surface area (Å²) in [5, 5.41) is 11.4.